The largest absolute Gasteiger partial charge is 0.353 e. The fourth-order valence-corrected chi connectivity index (χ4v) is 6.56. The van der Waals surface area contributed by atoms with Crippen LogP contribution in [0, 0.1) is 6.92 Å². The second-order valence-corrected chi connectivity index (χ2v) is 11.4. The number of rotatable bonds is 6. The summed E-state index contributed by atoms with van der Waals surface area (Å²) < 4.78 is 0. The van der Waals surface area contributed by atoms with E-state index in [1.165, 1.54) is 11.1 Å². The van der Waals surface area contributed by atoms with Gasteiger partial charge in [-0.2, -0.15) is 0 Å². The Morgan fingerprint density at radius 3 is 2.43 bits per heavy atom. The highest BCUT2D eigenvalue weighted by atomic mass is 16.2. The van der Waals surface area contributed by atoms with Crippen LogP contribution in [0.4, 0.5) is 5.82 Å². The molecule has 35 heavy (non-hydrogen) atoms. The topological polar surface area (TPSA) is 78.4 Å². The Hall–Kier alpha value is -2.80. The van der Waals surface area contributed by atoms with Crippen LogP contribution in [-0.4, -0.2) is 65.3 Å². The molecule has 1 aliphatic heterocycles. The molecule has 1 amide bonds. The van der Waals surface area contributed by atoms with Crippen LogP contribution in [-0.2, 0) is 20.4 Å². The van der Waals surface area contributed by atoms with Gasteiger partial charge < -0.3 is 19.9 Å². The molecule has 3 aliphatic carbocycles. The molecular formula is C28H35N5O2. The standard InChI is InChI=1S/C28H35N5O2/c1-18(2)31-22-15-28(22,21-6-4-19(3)5-7-21)26(35)33-12-10-32(11-13-33)25-23-24(29-17-30-25)20(16-34)14-27(23)8-9-27/h4-7,16-18,20,22,31H,8-15H2,1-3H3. The number of carbonyl (C=O) groups excluding carboxylic acids is 2. The van der Waals surface area contributed by atoms with Gasteiger partial charge in [0.05, 0.1) is 17.0 Å². The number of nitrogens with one attached hydrogen (secondary N) is 1. The summed E-state index contributed by atoms with van der Waals surface area (Å²) in [5, 5.41) is 3.63. The summed E-state index contributed by atoms with van der Waals surface area (Å²) in [5.74, 6) is 1.13. The number of aldehydes is 1. The van der Waals surface area contributed by atoms with E-state index in [9.17, 15) is 9.59 Å². The van der Waals surface area contributed by atoms with E-state index in [2.05, 4.69) is 65.1 Å². The van der Waals surface area contributed by atoms with Crippen LogP contribution >= 0.6 is 0 Å². The first-order valence-electron chi connectivity index (χ1n) is 13.1. The smallest absolute Gasteiger partial charge is 0.235 e. The van der Waals surface area contributed by atoms with Crippen LogP contribution < -0.4 is 10.2 Å². The van der Waals surface area contributed by atoms with Crippen molar-refractivity contribution in [1.82, 2.24) is 20.2 Å². The number of anilines is 1. The maximum absolute atomic E-state index is 14.0. The number of piperazine rings is 1. The minimum absolute atomic E-state index is 0.101. The van der Waals surface area contributed by atoms with E-state index in [1.807, 2.05) is 0 Å². The van der Waals surface area contributed by atoms with Crippen molar-refractivity contribution < 1.29 is 9.59 Å². The number of benzene rings is 1. The summed E-state index contributed by atoms with van der Waals surface area (Å²) in [6, 6.07) is 9.01. The summed E-state index contributed by atoms with van der Waals surface area (Å²) in [6.45, 7) is 9.24. The van der Waals surface area contributed by atoms with E-state index in [0.29, 0.717) is 19.1 Å². The van der Waals surface area contributed by atoms with Crippen LogP contribution in [0.2, 0.25) is 0 Å². The second kappa shape index (κ2) is 8.12. The van der Waals surface area contributed by atoms with Crippen molar-refractivity contribution in [1.29, 1.82) is 0 Å². The zero-order valence-electron chi connectivity index (χ0n) is 21.0. The van der Waals surface area contributed by atoms with E-state index < -0.39 is 5.41 Å². The Bertz CT molecular complexity index is 1150. The highest BCUT2D eigenvalue weighted by Crippen LogP contribution is 2.61. The van der Waals surface area contributed by atoms with E-state index in [4.69, 9.17) is 4.98 Å². The minimum Gasteiger partial charge on any atom is -0.353 e. The number of aryl methyl sites for hydroxylation is 1. The van der Waals surface area contributed by atoms with Crippen LogP contribution in [0.5, 0.6) is 0 Å². The lowest BCUT2D eigenvalue weighted by Gasteiger charge is -2.38. The molecule has 3 fully saturated rings. The quantitative estimate of drug-likeness (QED) is 0.650. The molecule has 1 spiro atoms. The van der Waals surface area contributed by atoms with Gasteiger partial charge in [-0.05, 0) is 38.2 Å². The van der Waals surface area contributed by atoms with Crippen molar-refractivity contribution in [3.63, 3.8) is 0 Å². The zero-order chi connectivity index (χ0) is 24.4. The van der Waals surface area contributed by atoms with Gasteiger partial charge in [-0.15, -0.1) is 0 Å². The van der Waals surface area contributed by atoms with Crippen molar-refractivity contribution in [2.45, 2.75) is 75.3 Å². The van der Waals surface area contributed by atoms with Crippen LogP contribution in [0.3, 0.4) is 0 Å². The molecule has 6 rings (SSSR count). The summed E-state index contributed by atoms with van der Waals surface area (Å²) in [5.41, 5.74) is 4.10. The number of hydrogen-bond donors (Lipinski definition) is 1. The Balaban J connectivity index is 1.22. The van der Waals surface area contributed by atoms with Crippen molar-refractivity contribution in [2.24, 2.45) is 0 Å². The van der Waals surface area contributed by atoms with Crippen LogP contribution in [0.15, 0.2) is 30.6 Å². The fraction of sp³-hybridized carbons (Fsp3) is 0.571. The molecule has 1 saturated heterocycles. The highest BCUT2D eigenvalue weighted by Gasteiger charge is 2.62. The van der Waals surface area contributed by atoms with Gasteiger partial charge in [-0.1, -0.05) is 43.7 Å². The van der Waals surface area contributed by atoms with Gasteiger partial charge in [-0.25, -0.2) is 9.97 Å². The molecular weight excluding hydrogens is 438 g/mol. The Labute approximate surface area is 207 Å². The molecule has 1 aromatic heterocycles. The number of aromatic nitrogens is 2. The van der Waals surface area contributed by atoms with E-state index >= 15 is 0 Å². The first-order chi connectivity index (χ1) is 16.9. The van der Waals surface area contributed by atoms with Crippen molar-refractivity contribution >= 4 is 18.0 Å². The fourth-order valence-electron chi connectivity index (χ4n) is 6.56. The lowest BCUT2D eigenvalue weighted by atomic mass is 9.92. The highest BCUT2D eigenvalue weighted by molar-refractivity contribution is 5.93. The van der Waals surface area contributed by atoms with Gasteiger partial charge in [-0.3, -0.25) is 4.79 Å². The molecule has 2 aromatic rings. The lowest BCUT2D eigenvalue weighted by Crippen LogP contribution is -2.53. The summed E-state index contributed by atoms with van der Waals surface area (Å²) in [7, 11) is 0. The van der Waals surface area contributed by atoms with Gasteiger partial charge >= 0.3 is 0 Å². The van der Waals surface area contributed by atoms with Crippen LogP contribution in [0.1, 0.15) is 67.8 Å². The molecule has 1 aromatic carbocycles. The van der Waals surface area contributed by atoms with Gasteiger partial charge in [0, 0.05) is 49.2 Å². The Morgan fingerprint density at radius 2 is 1.80 bits per heavy atom. The van der Waals surface area contributed by atoms with Gasteiger partial charge in [0.2, 0.25) is 5.91 Å². The van der Waals surface area contributed by atoms with E-state index in [-0.39, 0.29) is 23.3 Å². The summed E-state index contributed by atoms with van der Waals surface area (Å²) >= 11 is 0. The van der Waals surface area contributed by atoms with E-state index in [0.717, 1.165) is 62.1 Å². The molecule has 2 saturated carbocycles. The predicted octanol–water partition coefficient (Wildman–Crippen LogP) is 2.86. The Kier molecular flexibility index (Phi) is 5.25. The normalized spacial score (nSPS) is 28.3. The first-order valence-corrected chi connectivity index (χ1v) is 13.1. The molecule has 2 heterocycles. The summed E-state index contributed by atoms with van der Waals surface area (Å²) in [4.78, 5) is 39.3. The molecule has 3 unspecified atom stereocenters. The number of carbonyl (C=O) groups is 2. The molecule has 184 valence electrons. The number of nitrogens with zero attached hydrogens (tertiary/aromatic N) is 4. The van der Waals surface area contributed by atoms with Crippen molar-refractivity contribution in [3.05, 3.63) is 53.0 Å². The second-order valence-electron chi connectivity index (χ2n) is 11.4. The SMILES string of the molecule is Cc1ccc(C2(C(=O)N3CCN(c4ncnc5c4C4(CC4)CC5C=O)CC3)CC2NC(C)C)cc1. The lowest BCUT2D eigenvalue weighted by molar-refractivity contribution is -0.134. The van der Waals surface area contributed by atoms with Crippen molar-refractivity contribution in [2.75, 3.05) is 31.1 Å². The maximum Gasteiger partial charge on any atom is 0.235 e. The predicted molar refractivity (Wildman–Crippen MR) is 135 cm³/mol. The molecule has 0 radical (unpaired) electrons. The van der Waals surface area contributed by atoms with Gasteiger partial charge in [0.15, 0.2) is 0 Å². The first kappa shape index (κ1) is 22.7. The molecule has 1 N–H and O–H groups in total. The third kappa shape index (κ3) is 3.58. The monoisotopic (exact) mass is 473 g/mol. The average Bonchev–Trinajstić information content (AvgIpc) is 3.76. The van der Waals surface area contributed by atoms with Gasteiger partial charge in [0.1, 0.15) is 18.4 Å². The average molecular weight is 474 g/mol. The Morgan fingerprint density at radius 1 is 1.09 bits per heavy atom. The third-order valence-electron chi connectivity index (χ3n) is 8.68. The van der Waals surface area contributed by atoms with Crippen LogP contribution in [0.25, 0.3) is 0 Å². The summed E-state index contributed by atoms with van der Waals surface area (Å²) in [6.07, 6.45) is 6.63. The third-order valence-corrected chi connectivity index (χ3v) is 8.68. The van der Waals surface area contributed by atoms with Gasteiger partial charge in [0.25, 0.3) is 0 Å². The zero-order valence-corrected chi connectivity index (χ0v) is 21.0. The molecule has 7 nitrogen and oxygen atoms in total. The van der Waals surface area contributed by atoms with E-state index in [1.54, 1.807) is 6.33 Å². The number of hydrogen-bond acceptors (Lipinski definition) is 6. The molecule has 7 heteroatoms. The molecule has 0 bridgehead atoms. The maximum atomic E-state index is 14.0. The molecule has 3 atom stereocenters. The minimum atomic E-state index is -0.467. The van der Waals surface area contributed by atoms with Crippen molar-refractivity contribution in [3.8, 4) is 0 Å². The molecule has 4 aliphatic rings. The number of amides is 1. The number of fused-ring (bicyclic) bond motifs is 2.